The molecule has 0 aromatic carbocycles. The molecule has 0 saturated carbocycles. The minimum Gasteiger partial charge on any atom is -0.387 e. The molecule has 0 aliphatic heterocycles. The molecule has 0 radical (unpaired) electrons. The summed E-state index contributed by atoms with van der Waals surface area (Å²) < 4.78 is 1.36. The summed E-state index contributed by atoms with van der Waals surface area (Å²) >= 11 is 1.49. The Morgan fingerprint density at radius 2 is 2.50 bits per heavy atom. The normalized spacial score (nSPS) is 12.3. The van der Waals surface area contributed by atoms with Crippen molar-refractivity contribution >= 4 is 22.8 Å². The van der Waals surface area contributed by atoms with Crippen LogP contribution in [0, 0.1) is 10.1 Å². The molecule has 8 heteroatoms. The fraction of sp³-hybridized carbons (Fsp3) is 0.300. The van der Waals surface area contributed by atoms with Crippen molar-refractivity contribution in [2.24, 2.45) is 7.05 Å². The van der Waals surface area contributed by atoms with Crippen LogP contribution in [0.1, 0.15) is 11.7 Å². The second-order valence-corrected chi connectivity index (χ2v) is 4.53. The van der Waals surface area contributed by atoms with E-state index in [1.807, 2.05) is 16.8 Å². The molecule has 0 amide bonds. The van der Waals surface area contributed by atoms with Crippen molar-refractivity contribution in [3.8, 4) is 0 Å². The molecule has 96 valence electrons. The maximum absolute atomic E-state index is 10.8. The Bertz CT molecular complexity index is 537. The Hall–Kier alpha value is -1.93. The van der Waals surface area contributed by atoms with Crippen LogP contribution in [0.15, 0.2) is 23.0 Å². The zero-order valence-corrected chi connectivity index (χ0v) is 10.4. The van der Waals surface area contributed by atoms with Crippen LogP contribution in [-0.4, -0.2) is 26.4 Å². The SMILES string of the molecule is Cn1cc([N+](=O)[O-])c(NCC(O)c2ccsc2)n1. The molecule has 1 atom stereocenters. The molecule has 18 heavy (non-hydrogen) atoms. The van der Waals surface area contributed by atoms with E-state index in [2.05, 4.69) is 10.4 Å². The van der Waals surface area contributed by atoms with E-state index >= 15 is 0 Å². The molecule has 1 unspecified atom stereocenters. The maximum atomic E-state index is 10.8. The van der Waals surface area contributed by atoms with Crippen LogP contribution in [0.2, 0.25) is 0 Å². The first-order chi connectivity index (χ1) is 8.58. The summed E-state index contributed by atoms with van der Waals surface area (Å²) in [7, 11) is 1.60. The lowest BCUT2D eigenvalue weighted by Gasteiger charge is -2.09. The predicted molar refractivity (Wildman–Crippen MR) is 67.6 cm³/mol. The number of aliphatic hydroxyl groups is 1. The number of nitro groups is 1. The highest BCUT2D eigenvalue weighted by Crippen LogP contribution is 2.23. The smallest absolute Gasteiger partial charge is 0.330 e. The van der Waals surface area contributed by atoms with Gasteiger partial charge in [-0.3, -0.25) is 14.8 Å². The van der Waals surface area contributed by atoms with E-state index in [0.29, 0.717) is 0 Å². The number of hydrogen-bond donors (Lipinski definition) is 2. The van der Waals surface area contributed by atoms with Gasteiger partial charge in [0.15, 0.2) is 0 Å². The lowest BCUT2D eigenvalue weighted by molar-refractivity contribution is -0.384. The zero-order valence-electron chi connectivity index (χ0n) is 9.61. The third-order valence-electron chi connectivity index (χ3n) is 2.40. The molecule has 0 fully saturated rings. The summed E-state index contributed by atoms with van der Waals surface area (Å²) in [4.78, 5) is 10.3. The van der Waals surface area contributed by atoms with Gasteiger partial charge in [0, 0.05) is 13.6 Å². The highest BCUT2D eigenvalue weighted by atomic mass is 32.1. The van der Waals surface area contributed by atoms with Gasteiger partial charge < -0.3 is 10.4 Å². The quantitative estimate of drug-likeness (QED) is 0.633. The summed E-state index contributed by atoms with van der Waals surface area (Å²) in [6.07, 6.45) is 0.608. The summed E-state index contributed by atoms with van der Waals surface area (Å²) in [6.45, 7) is 0.175. The molecule has 2 aromatic rings. The highest BCUT2D eigenvalue weighted by Gasteiger charge is 2.19. The summed E-state index contributed by atoms with van der Waals surface area (Å²) in [5.74, 6) is 0.164. The molecule has 2 N–H and O–H groups in total. The third-order valence-corrected chi connectivity index (χ3v) is 3.10. The van der Waals surface area contributed by atoms with E-state index in [-0.39, 0.29) is 18.1 Å². The molecule has 0 bridgehead atoms. The summed E-state index contributed by atoms with van der Waals surface area (Å²) in [5.41, 5.74) is 0.682. The van der Waals surface area contributed by atoms with E-state index in [9.17, 15) is 15.2 Å². The number of nitrogens with zero attached hydrogens (tertiary/aromatic N) is 3. The van der Waals surface area contributed by atoms with Crippen LogP contribution in [0.4, 0.5) is 11.5 Å². The van der Waals surface area contributed by atoms with Gasteiger partial charge in [0.05, 0.1) is 11.0 Å². The number of nitrogens with one attached hydrogen (secondary N) is 1. The first-order valence-corrected chi connectivity index (χ1v) is 6.14. The van der Waals surface area contributed by atoms with Gasteiger partial charge in [0.25, 0.3) is 0 Å². The van der Waals surface area contributed by atoms with Gasteiger partial charge in [0.1, 0.15) is 6.20 Å². The second kappa shape index (κ2) is 5.15. The van der Waals surface area contributed by atoms with Crippen LogP contribution < -0.4 is 5.32 Å². The first kappa shape index (κ1) is 12.5. The summed E-state index contributed by atoms with van der Waals surface area (Å²) in [6, 6.07) is 1.81. The lowest BCUT2D eigenvalue weighted by Crippen LogP contribution is -2.12. The number of aromatic nitrogens is 2. The fourth-order valence-corrected chi connectivity index (χ4v) is 2.22. The monoisotopic (exact) mass is 268 g/mol. The fourth-order valence-electron chi connectivity index (χ4n) is 1.51. The number of rotatable bonds is 5. The lowest BCUT2D eigenvalue weighted by atomic mass is 10.2. The third kappa shape index (κ3) is 2.66. The Kier molecular flexibility index (Phi) is 3.58. The van der Waals surface area contributed by atoms with E-state index in [1.54, 1.807) is 7.05 Å². The van der Waals surface area contributed by atoms with Gasteiger partial charge in [-0.05, 0) is 22.4 Å². The average Bonchev–Trinajstić information content (AvgIpc) is 2.94. The number of thiophene rings is 1. The van der Waals surface area contributed by atoms with Gasteiger partial charge in [-0.15, -0.1) is 5.10 Å². The number of anilines is 1. The molecule has 0 aliphatic rings. The van der Waals surface area contributed by atoms with Gasteiger partial charge in [-0.1, -0.05) is 0 Å². The van der Waals surface area contributed by atoms with Crippen LogP contribution in [0.3, 0.4) is 0 Å². The van der Waals surface area contributed by atoms with Crippen LogP contribution >= 0.6 is 11.3 Å². The number of aryl methyl sites for hydroxylation is 1. The van der Waals surface area contributed by atoms with E-state index in [4.69, 9.17) is 0 Å². The van der Waals surface area contributed by atoms with Crippen molar-refractivity contribution in [1.29, 1.82) is 0 Å². The van der Waals surface area contributed by atoms with E-state index in [0.717, 1.165) is 5.56 Å². The zero-order chi connectivity index (χ0) is 13.1. The molecular weight excluding hydrogens is 256 g/mol. The molecule has 2 heterocycles. The molecular formula is C10H12N4O3S. The van der Waals surface area contributed by atoms with Crippen molar-refractivity contribution in [1.82, 2.24) is 9.78 Å². The van der Waals surface area contributed by atoms with Gasteiger partial charge in [0.2, 0.25) is 5.82 Å². The van der Waals surface area contributed by atoms with Crippen molar-refractivity contribution in [3.05, 3.63) is 38.7 Å². The number of hydrogen-bond acceptors (Lipinski definition) is 6. The second-order valence-electron chi connectivity index (χ2n) is 3.75. The molecule has 7 nitrogen and oxygen atoms in total. The Morgan fingerprint density at radius 3 is 3.11 bits per heavy atom. The molecule has 0 saturated heterocycles. The minimum absolute atomic E-state index is 0.102. The molecule has 2 rings (SSSR count). The largest absolute Gasteiger partial charge is 0.387 e. The highest BCUT2D eigenvalue weighted by molar-refractivity contribution is 7.07. The van der Waals surface area contributed by atoms with Crippen LogP contribution in [0.25, 0.3) is 0 Å². The van der Waals surface area contributed by atoms with Gasteiger partial charge in [-0.2, -0.15) is 11.3 Å². The molecule has 0 aliphatic carbocycles. The van der Waals surface area contributed by atoms with Crippen molar-refractivity contribution in [2.75, 3.05) is 11.9 Å². The topological polar surface area (TPSA) is 93.2 Å². The maximum Gasteiger partial charge on any atom is 0.330 e. The minimum atomic E-state index is -0.710. The van der Waals surface area contributed by atoms with Gasteiger partial charge >= 0.3 is 5.69 Å². The average molecular weight is 268 g/mol. The van der Waals surface area contributed by atoms with E-state index < -0.39 is 11.0 Å². The Morgan fingerprint density at radius 1 is 1.72 bits per heavy atom. The predicted octanol–water partition coefficient (Wildman–Crippen LogP) is 1.54. The standard InChI is InChI=1S/C10H12N4O3S/c1-13-5-8(14(16)17)10(12-13)11-4-9(15)7-2-3-18-6-7/h2-3,5-6,9,15H,4H2,1H3,(H,11,12). The molecule has 0 spiro atoms. The molecule has 2 aromatic heterocycles. The van der Waals surface area contributed by atoms with Crippen molar-refractivity contribution in [3.63, 3.8) is 0 Å². The Balaban J connectivity index is 2.04. The van der Waals surface area contributed by atoms with Gasteiger partial charge in [-0.25, -0.2) is 0 Å². The summed E-state index contributed by atoms with van der Waals surface area (Å²) in [5, 5.41) is 31.0. The van der Waals surface area contributed by atoms with Crippen LogP contribution in [0.5, 0.6) is 0 Å². The Labute approximate surface area is 107 Å². The van der Waals surface area contributed by atoms with Crippen LogP contribution in [-0.2, 0) is 7.05 Å². The van der Waals surface area contributed by atoms with E-state index in [1.165, 1.54) is 22.2 Å². The number of aliphatic hydroxyl groups excluding tert-OH is 1. The first-order valence-electron chi connectivity index (χ1n) is 5.20. The van der Waals surface area contributed by atoms with Crippen molar-refractivity contribution in [2.45, 2.75) is 6.10 Å². The van der Waals surface area contributed by atoms with Crippen molar-refractivity contribution < 1.29 is 10.0 Å².